The summed E-state index contributed by atoms with van der Waals surface area (Å²) in [5.74, 6) is 1.05. The van der Waals surface area contributed by atoms with Crippen molar-refractivity contribution in [1.82, 2.24) is 24.8 Å². The molecule has 0 radical (unpaired) electrons. The van der Waals surface area contributed by atoms with Gasteiger partial charge in [0.1, 0.15) is 16.9 Å². The van der Waals surface area contributed by atoms with Crippen molar-refractivity contribution in [1.29, 1.82) is 0 Å². The number of fused-ring (bicyclic) bond motifs is 1. The Morgan fingerprint density at radius 3 is 2.38 bits per heavy atom. The molecule has 5 aromatic rings. The zero-order valence-electron chi connectivity index (χ0n) is 28.2. The number of pyridine rings is 2. The summed E-state index contributed by atoms with van der Waals surface area (Å²) in [6.45, 7) is 11.5. The van der Waals surface area contributed by atoms with E-state index in [-0.39, 0.29) is 12.2 Å². The van der Waals surface area contributed by atoms with Crippen LogP contribution < -0.4 is 16.0 Å². The van der Waals surface area contributed by atoms with Gasteiger partial charge in [-0.1, -0.05) is 24.3 Å². The fourth-order valence-electron chi connectivity index (χ4n) is 6.85. The third kappa shape index (κ3) is 6.20. The van der Waals surface area contributed by atoms with Gasteiger partial charge in [-0.15, -0.1) is 0 Å². The van der Waals surface area contributed by atoms with E-state index < -0.39 is 17.2 Å². The van der Waals surface area contributed by atoms with Gasteiger partial charge >= 0.3 is 6.09 Å². The van der Waals surface area contributed by atoms with Crippen LogP contribution >= 0.6 is 0 Å². The maximum atomic E-state index is 12.8. The van der Waals surface area contributed by atoms with Gasteiger partial charge in [-0.25, -0.2) is 19.7 Å². The molecule has 1 amide bonds. The fourth-order valence-corrected chi connectivity index (χ4v) is 6.85. The summed E-state index contributed by atoms with van der Waals surface area (Å²) >= 11 is 0. The van der Waals surface area contributed by atoms with Crippen LogP contribution in [0.5, 0.6) is 0 Å². The van der Waals surface area contributed by atoms with Crippen LogP contribution in [0.4, 0.5) is 16.3 Å². The van der Waals surface area contributed by atoms with Crippen molar-refractivity contribution in [3.8, 4) is 28.3 Å². The highest BCUT2D eigenvalue weighted by Crippen LogP contribution is 2.42. The highest BCUT2D eigenvalue weighted by molar-refractivity contribution is 5.85. The van der Waals surface area contributed by atoms with Gasteiger partial charge in [0, 0.05) is 36.2 Å². The molecule has 0 unspecified atom stereocenters. The SMILES string of the molecule is C[C@@H]1CN(c2cccc(-c3ccc4nc(-c5cccnc5N)n(-c5ccc(C6(NC(=O)OC(C)(C)C)CCC6)cc5)c4n3)c2)C[C@H](C)O1. The van der Waals surface area contributed by atoms with Crippen LogP contribution in [0.3, 0.4) is 0 Å². The van der Waals surface area contributed by atoms with Crippen LogP contribution in [0.15, 0.2) is 79.0 Å². The lowest BCUT2D eigenvalue weighted by molar-refractivity contribution is -0.00522. The number of nitrogens with zero attached hydrogens (tertiary/aromatic N) is 5. The zero-order valence-corrected chi connectivity index (χ0v) is 28.2. The molecule has 2 aliphatic rings. The summed E-state index contributed by atoms with van der Waals surface area (Å²) in [5, 5.41) is 3.16. The fraction of sp³-hybridized carbons (Fsp3) is 0.368. The van der Waals surface area contributed by atoms with Gasteiger partial charge in [-0.05, 0) is 108 Å². The van der Waals surface area contributed by atoms with Crippen molar-refractivity contribution >= 4 is 28.8 Å². The Balaban J connectivity index is 1.29. The predicted molar refractivity (Wildman–Crippen MR) is 189 cm³/mol. The molecule has 10 heteroatoms. The predicted octanol–water partition coefficient (Wildman–Crippen LogP) is 7.25. The van der Waals surface area contributed by atoms with Crippen LogP contribution in [-0.2, 0) is 15.0 Å². The molecule has 10 nitrogen and oxygen atoms in total. The quantitative estimate of drug-likeness (QED) is 0.198. The summed E-state index contributed by atoms with van der Waals surface area (Å²) in [6, 6.07) is 24.6. The average molecular weight is 646 g/mol. The molecular formula is C38H43N7O3. The number of aromatic nitrogens is 4. The Morgan fingerprint density at radius 1 is 0.958 bits per heavy atom. The monoisotopic (exact) mass is 645 g/mol. The first kappa shape index (κ1) is 31.6. The number of morpholine rings is 1. The third-order valence-corrected chi connectivity index (χ3v) is 9.14. The number of ether oxygens (including phenoxy) is 2. The number of nitrogen functional groups attached to an aromatic ring is 1. The number of rotatable bonds is 6. The van der Waals surface area contributed by atoms with E-state index >= 15 is 0 Å². The Hall–Kier alpha value is -4.96. The molecule has 0 spiro atoms. The molecule has 48 heavy (non-hydrogen) atoms. The van der Waals surface area contributed by atoms with Crippen LogP contribution in [0.2, 0.25) is 0 Å². The van der Waals surface area contributed by atoms with Crippen molar-refractivity contribution < 1.29 is 14.3 Å². The second kappa shape index (κ2) is 12.2. The van der Waals surface area contributed by atoms with Crippen molar-refractivity contribution in [3.63, 3.8) is 0 Å². The maximum absolute atomic E-state index is 12.8. The molecule has 248 valence electrons. The second-order valence-electron chi connectivity index (χ2n) is 14.1. The number of alkyl carbamates (subject to hydrolysis) is 1. The molecule has 4 heterocycles. The van der Waals surface area contributed by atoms with E-state index in [0.717, 1.165) is 71.6 Å². The molecule has 3 N–H and O–H groups in total. The van der Waals surface area contributed by atoms with E-state index in [0.29, 0.717) is 17.3 Å². The minimum atomic E-state index is -0.571. The first-order chi connectivity index (χ1) is 23.0. The number of imidazole rings is 1. The molecule has 1 saturated heterocycles. The maximum Gasteiger partial charge on any atom is 0.408 e. The number of anilines is 2. The molecule has 1 aliphatic carbocycles. The van der Waals surface area contributed by atoms with Gasteiger partial charge in [-0.3, -0.25) is 4.57 Å². The minimum Gasteiger partial charge on any atom is -0.444 e. The highest BCUT2D eigenvalue weighted by atomic mass is 16.6. The normalized spacial score (nSPS) is 19.1. The third-order valence-electron chi connectivity index (χ3n) is 9.14. The first-order valence-electron chi connectivity index (χ1n) is 16.7. The number of nitrogens with two attached hydrogens (primary N) is 1. The summed E-state index contributed by atoms with van der Waals surface area (Å²) in [4.78, 5) is 29.7. The zero-order chi connectivity index (χ0) is 33.6. The van der Waals surface area contributed by atoms with E-state index in [4.69, 9.17) is 25.2 Å². The molecule has 3 aromatic heterocycles. The lowest BCUT2D eigenvalue weighted by Gasteiger charge is -2.43. The molecule has 1 saturated carbocycles. The lowest BCUT2D eigenvalue weighted by Crippen LogP contribution is -2.52. The van der Waals surface area contributed by atoms with Gasteiger partial charge in [-0.2, -0.15) is 0 Å². The number of carbonyl (C=O) groups is 1. The van der Waals surface area contributed by atoms with Crippen LogP contribution in [0.25, 0.3) is 39.5 Å². The van der Waals surface area contributed by atoms with E-state index in [2.05, 4.69) is 77.6 Å². The van der Waals surface area contributed by atoms with Crippen molar-refractivity contribution in [3.05, 3.63) is 84.6 Å². The van der Waals surface area contributed by atoms with Gasteiger partial charge in [0.15, 0.2) is 11.5 Å². The van der Waals surface area contributed by atoms with Gasteiger partial charge in [0.2, 0.25) is 0 Å². The van der Waals surface area contributed by atoms with Crippen molar-refractivity contribution in [2.75, 3.05) is 23.7 Å². The molecule has 7 rings (SSSR count). The molecular weight excluding hydrogens is 602 g/mol. The number of amides is 1. The van der Waals surface area contributed by atoms with Gasteiger partial charge < -0.3 is 25.4 Å². The highest BCUT2D eigenvalue weighted by Gasteiger charge is 2.41. The standard InChI is InChI=1S/C38H43N7O3/c1-24-22-44(23-25(2)47-24)29-10-6-9-26(21-29)31-16-17-32-35(41-31)45(34(42-32)30-11-7-20-40-33(30)39)28-14-12-27(13-15-28)38(18-8-19-38)43-36(46)48-37(3,4)5/h6-7,9-17,20-21,24-25H,8,18-19,22-23H2,1-5H3,(H2,39,40)(H,43,46)/t24-,25+. The Kier molecular flexibility index (Phi) is 8.07. The largest absolute Gasteiger partial charge is 0.444 e. The molecule has 0 bridgehead atoms. The topological polar surface area (TPSA) is 120 Å². The van der Waals surface area contributed by atoms with Crippen molar-refractivity contribution in [2.45, 2.75) is 77.2 Å². The Labute approximate surface area is 281 Å². The van der Waals surface area contributed by atoms with E-state index in [1.165, 1.54) is 0 Å². The summed E-state index contributed by atoms with van der Waals surface area (Å²) < 4.78 is 13.6. The summed E-state index contributed by atoms with van der Waals surface area (Å²) in [6.07, 6.45) is 4.34. The summed E-state index contributed by atoms with van der Waals surface area (Å²) in [7, 11) is 0. The number of carbonyl (C=O) groups excluding carboxylic acids is 1. The van der Waals surface area contributed by atoms with Gasteiger partial charge in [0.25, 0.3) is 0 Å². The van der Waals surface area contributed by atoms with Crippen LogP contribution in [-0.4, -0.2) is 56.5 Å². The number of nitrogens with one attached hydrogen (secondary N) is 1. The molecule has 1 aliphatic heterocycles. The van der Waals surface area contributed by atoms with E-state index in [1.807, 2.05) is 49.6 Å². The Bertz CT molecular complexity index is 1950. The first-order valence-corrected chi connectivity index (χ1v) is 16.7. The van der Waals surface area contributed by atoms with E-state index in [1.54, 1.807) is 6.20 Å². The van der Waals surface area contributed by atoms with Gasteiger partial charge in [0.05, 0.1) is 29.0 Å². The number of hydrogen-bond acceptors (Lipinski definition) is 8. The number of hydrogen-bond donors (Lipinski definition) is 2. The number of benzene rings is 2. The molecule has 2 fully saturated rings. The van der Waals surface area contributed by atoms with Crippen LogP contribution in [0, 0.1) is 0 Å². The summed E-state index contributed by atoms with van der Waals surface area (Å²) in [5.41, 5.74) is 12.5. The lowest BCUT2D eigenvalue weighted by atomic mass is 9.72. The molecule has 2 atom stereocenters. The smallest absolute Gasteiger partial charge is 0.408 e. The van der Waals surface area contributed by atoms with Crippen LogP contribution in [0.1, 0.15) is 59.4 Å². The minimum absolute atomic E-state index is 0.165. The Morgan fingerprint density at radius 2 is 1.71 bits per heavy atom. The second-order valence-corrected chi connectivity index (χ2v) is 14.1. The van der Waals surface area contributed by atoms with Crippen molar-refractivity contribution in [2.24, 2.45) is 0 Å². The molecule has 2 aromatic carbocycles. The average Bonchev–Trinajstić information content (AvgIpc) is 3.40. The van der Waals surface area contributed by atoms with E-state index in [9.17, 15) is 4.79 Å².